The van der Waals surface area contributed by atoms with E-state index in [1.807, 2.05) is 18.2 Å². The van der Waals surface area contributed by atoms with Crippen LogP contribution in [-0.4, -0.2) is 11.7 Å². The molecule has 1 atom stereocenters. The van der Waals surface area contributed by atoms with Crippen molar-refractivity contribution in [1.82, 2.24) is 5.32 Å². The van der Waals surface area contributed by atoms with Gasteiger partial charge in [-0.3, -0.25) is 0 Å². The highest BCUT2D eigenvalue weighted by atomic mass is 16.5. The number of hydrogen-bond acceptors (Lipinski definition) is 3. The second kappa shape index (κ2) is 7.14. The first-order valence-corrected chi connectivity index (χ1v) is 7.34. The Bertz CT molecular complexity index is 578. The number of ether oxygens (including phenoxy) is 1. The first-order chi connectivity index (χ1) is 10.1. The summed E-state index contributed by atoms with van der Waals surface area (Å²) < 4.78 is 5.96. The third-order valence-corrected chi connectivity index (χ3v) is 3.47. The van der Waals surface area contributed by atoms with E-state index < -0.39 is 0 Å². The fraction of sp³-hybridized carbons (Fsp3) is 0.333. The van der Waals surface area contributed by atoms with Gasteiger partial charge >= 0.3 is 0 Å². The number of hydrogen-bond donors (Lipinski definition) is 2. The molecule has 1 unspecified atom stereocenters. The minimum absolute atomic E-state index is 0.254. The van der Waals surface area contributed by atoms with Crippen molar-refractivity contribution in [2.24, 2.45) is 0 Å². The molecule has 21 heavy (non-hydrogen) atoms. The Morgan fingerprint density at radius 3 is 2.52 bits per heavy atom. The Kier molecular flexibility index (Phi) is 5.23. The highest BCUT2D eigenvalue weighted by molar-refractivity contribution is 5.39. The van der Waals surface area contributed by atoms with E-state index in [1.165, 1.54) is 11.1 Å². The van der Waals surface area contributed by atoms with Crippen molar-refractivity contribution in [3.05, 3.63) is 59.2 Å². The van der Waals surface area contributed by atoms with E-state index in [1.54, 1.807) is 12.1 Å². The molecule has 0 heterocycles. The largest absolute Gasteiger partial charge is 0.508 e. The molecule has 0 aromatic heterocycles. The van der Waals surface area contributed by atoms with Crippen molar-refractivity contribution in [2.45, 2.75) is 33.4 Å². The molecule has 2 aromatic rings. The second-order valence-electron chi connectivity index (χ2n) is 5.28. The predicted octanol–water partition coefficient (Wildman–Crippen LogP) is 3.95. The van der Waals surface area contributed by atoms with Gasteiger partial charge in [0.25, 0.3) is 0 Å². The molecule has 0 fully saturated rings. The van der Waals surface area contributed by atoms with E-state index in [4.69, 9.17) is 4.74 Å². The summed E-state index contributed by atoms with van der Waals surface area (Å²) in [7, 11) is 0. The highest BCUT2D eigenvalue weighted by Gasteiger charge is 2.11. The van der Waals surface area contributed by atoms with Gasteiger partial charge in [-0.1, -0.05) is 36.8 Å². The SMILES string of the molecule is CCNC(C)c1cc(C)ccc1OCc1ccc(O)cc1. The summed E-state index contributed by atoms with van der Waals surface area (Å²) >= 11 is 0. The lowest BCUT2D eigenvalue weighted by Crippen LogP contribution is -2.18. The monoisotopic (exact) mass is 285 g/mol. The molecule has 0 radical (unpaired) electrons. The van der Waals surface area contributed by atoms with Gasteiger partial charge in [0.15, 0.2) is 0 Å². The molecular weight excluding hydrogens is 262 g/mol. The van der Waals surface area contributed by atoms with Crippen molar-refractivity contribution < 1.29 is 9.84 Å². The van der Waals surface area contributed by atoms with Gasteiger partial charge in [0.05, 0.1) is 0 Å². The van der Waals surface area contributed by atoms with Crippen LogP contribution in [0.25, 0.3) is 0 Å². The van der Waals surface area contributed by atoms with Gasteiger partial charge < -0.3 is 15.2 Å². The normalized spacial score (nSPS) is 12.1. The number of phenols is 1. The average Bonchev–Trinajstić information content (AvgIpc) is 2.48. The third-order valence-electron chi connectivity index (χ3n) is 3.47. The molecule has 2 aromatic carbocycles. The molecule has 112 valence electrons. The summed E-state index contributed by atoms with van der Waals surface area (Å²) in [6, 6.07) is 13.6. The summed E-state index contributed by atoms with van der Waals surface area (Å²) in [5, 5.41) is 12.7. The maximum atomic E-state index is 9.30. The summed E-state index contributed by atoms with van der Waals surface area (Å²) in [6.07, 6.45) is 0. The van der Waals surface area contributed by atoms with Crippen molar-refractivity contribution in [3.8, 4) is 11.5 Å². The number of aryl methyl sites for hydroxylation is 1. The predicted molar refractivity (Wildman–Crippen MR) is 85.7 cm³/mol. The molecule has 0 amide bonds. The van der Waals surface area contributed by atoms with Crippen molar-refractivity contribution in [1.29, 1.82) is 0 Å². The van der Waals surface area contributed by atoms with Crippen LogP contribution < -0.4 is 10.1 Å². The van der Waals surface area contributed by atoms with Crippen LogP contribution in [0.4, 0.5) is 0 Å². The topological polar surface area (TPSA) is 41.5 Å². The fourth-order valence-corrected chi connectivity index (χ4v) is 2.31. The molecule has 2 rings (SSSR count). The molecule has 0 bridgehead atoms. The molecule has 0 aliphatic heterocycles. The summed E-state index contributed by atoms with van der Waals surface area (Å²) in [6.45, 7) is 7.75. The van der Waals surface area contributed by atoms with Crippen molar-refractivity contribution in [2.75, 3.05) is 6.54 Å². The lowest BCUT2D eigenvalue weighted by molar-refractivity contribution is 0.299. The number of aromatic hydroxyl groups is 1. The molecule has 2 N–H and O–H groups in total. The third kappa shape index (κ3) is 4.23. The lowest BCUT2D eigenvalue weighted by Gasteiger charge is -2.18. The molecule has 0 spiro atoms. The number of phenolic OH excluding ortho intramolecular Hbond substituents is 1. The van der Waals surface area contributed by atoms with Crippen LogP contribution in [0.2, 0.25) is 0 Å². The van der Waals surface area contributed by atoms with Crippen LogP contribution in [0.15, 0.2) is 42.5 Å². The highest BCUT2D eigenvalue weighted by Crippen LogP contribution is 2.27. The Labute approximate surface area is 126 Å². The van der Waals surface area contributed by atoms with Gasteiger partial charge in [0.1, 0.15) is 18.1 Å². The van der Waals surface area contributed by atoms with Crippen molar-refractivity contribution >= 4 is 0 Å². The number of rotatable bonds is 6. The zero-order valence-corrected chi connectivity index (χ0v) is 12.9. The van der Waals surface area contributed by atoms with Gasteiger partial charge in [-0.25, -0.2) is 0 Å². The van der Waals surface area contributed by atoms with Crippen LogP contribution in [0.3, 0.4) is 0 Å². The zero-order valence-electron chi connectivity index (χ0n) is 12.9. The summed E-state index contributed by atoms with van der Waals surface area (Å²) in [4.78, 5) is 0. The maximum absolute atomic E-state index is 9.30. The molecule has 3 nitrogen and oxygen atoms in total. The maximum Gasteiger partial charge on any atom is 0.124 e. The van der Waals surface area contributed by atoms with E-state index in [9.17, 15) is 5.11 Å². The van der Waals surface area contributed by atoms with Crippen LogP contribution in [0.5, 0.6) is 11.5 Å². The van der Waals surface area contributed by atoms with E-state index in [-0.39, 0.29) is 11.8 Å². The Morgan fingerprint density at radius 1 is 1.14 bits per heavy atom. The van der Waals surface area contributed by atoms with E-state index in [2.05, 4.69) is 38.2 Å². The standard InChI is InChI=1S/C18H23NO2/c1-4-19-14(3)17-11-13(2)5-10-18(17)21-12-15-6-8-16(20)9-7-15/h5-11,14,19-20H,4,12H2,1-3H3. The Morgan fingerprint density at radius 2 is 1.86 bits per heavy atom. The number of benzene rings is 2. The molecule has 3 heteroatoms. The van der Waals surface area contributed by atoms with Crippen LogP contribution >= 0.6 is 0 Å². The zero-order chi connectivity index (χ0) is 15.2. The fourth-order valence-electron chi connectivity index (χ4n) is 2.31. The van der Waals surface area contributed by atoms with Gasteiger partial charge in [-0.2, -0.15) is 0 Å². The van der Waals surface area contributed by atoms with Gasteiger partial charge in [-0.05, 0) is 44.2 Å². The van der Waals surface area contributed by atoms with Crippen molar-refractivity contribution in [3.63, 3.8) is 0 Å². The Hall–Kier alpha value is -2.00. The van der Waals surface area contributed by atoms with Gasteiger partial charge in [0, 0.05) is 11.6 Å². The van der Waals surface area contributed by atoms with Crippen LogP contribution in [0.1, 0.15) is 36.6 Å². The summed E-state index contributed by atoms with van der Waals surface area (Å²) in [5.41, 5.74) is 3.44. The first kappa shape index (κ1) is 15.4. The average molecular weight is 285 g/mol. The number of nitrogens with one attached hydrogen (secondary N) is 1. The smallest absolute Gasteiger partial charge is 0.124 e. The molecule has 0 saturated carbocycles. The van der Waals surface area contributed by atoms with E-state index >= 15 is 0 Å². The van der Waals surface area contributed by atoms with Gasteiger partial charge in [-0.15, -0.1) is 0 Å². The van der Waals surface area contributed by atoms with Crippen LogP contribution in [-0.2, 0) is 6.61 Å². The first-order valence-electron chi connectivity index (χ1n) is 7.34. The minimum atomic E-state index is 0.254. The lowest BCUT2D eigenvalue weighted by atomic mass is 10.0. The molecule has 0 aliphatic carbocycles. The van der Waals surface area contributed by atoms with Gasteiger partial charge in [0.2, 0.25) is 0 Å². The quantitative estimate of drug-likeness (QED) is 0.844. The second-order valence-corrected chi connectivity index (χ2v) is 5.28. The van der Waals surface area contributed by atoms with E-state index in [0.29, 0.717) is 6.61 Å². The minimum Gasteiger partial charge on any atom is -0.508 e. The molecule has 0 aliphatic rings. The summed E-state index contributed by atoms with van der Waals surface area (Å²) in [5.74, 6) is 1.18. The Balaban J connectivity index is 2.13. The van der Waals surface area contributed by atoms with E-state index in [0.717, 1.165) is 17.9 Å². The molecule has 0 saturated heterocycles. The molecular formula is C18H23NO2. The van der Waals surface area contributed by atoms with Crippen LogP contribution in [0, 0.1) is 6.92 Å².